The lowest BCUT2D eigenvalue weighted by Gasteiger charge is -2.13. The van der Waals surface area contributed by atoms with Crippen molar-refractivity contribution >= 4 is 39.2 Å². The Morgan fingerprint density at radius 1 is 1.50 bits per heavy atom. The molecule has 104 valence electrons. The van der Waals surface area contributed by atoms with Gasteiger partial charge >= 0.3 is 0 Å². The first-order valence-electron chi connectivity index (χ1n) is 6.21. The number of amides is 1. The van der Waals surface area contributed by atoms with E-state index in [9.17, 15) is 4.79 Å². The minimum absolute atomic E-state index is 0.0400. The lowest BCUT2D eigenvalue weighted by molar-refractivity contribution is -0.117. The summed E-state index contributed by atoms with van der Waals surface area (Å²) in [7, 11) is 0. The Morgan fingerprint density at radius 3 is 2.95 bits per heavy atom. The number of halogens is 1. The van der Waals surface area contributed by atoms with Gasteiger partial charge in [0.25, 0.3) is 0 Å². The maximum atomic E-state index is 11.9. The summed E-state index contributed by atoms with van der Waals surface area (Å²) in [4.78, 5) is 16.1. The number of aryl methyl sites for hydroxylation is 1. The van der Waals surface area contributed by atoms with Gasteiger partial charge < -0.3 is 5.32 Å². The van der Waals surface area contributed by atoms with Crippen LogP contribution in [0.25, 0.3) is 6.08 Å². The normalized spacial score (nSPS) is 12.6. The molecule has 3 nitrogen and oxygen atoms in total. The first kappa shape index (κ1) is 14.9. The van der Waals surface area contributed by atoms with Crippen molar-refractivity contribution in [1.82, 2.24) is 10.3 Å². The molecule has 0 saturated carbocycles. The highest BCUT2D eigenvalue weighted by Crippen LogP contribution is 2.17. The zero-order valence-corrected chi connectivity index (χ0v) is 13.7. The zero-order chi connectivity index (χ0) is 14.5. The minimum Gasteiger partial charge on any atom is -0.346 e. The second-order valence-electron chi connectivity index (χ2n) is 4.41. The number of nitrogens with one attached hydrogen (secondary N) is 1. The first-order valence-corrected chi connectivity index (χ1v) is 7.88. The molecule has 0 fully saturated rings. The number of hydrogen-bond acceptors (Lipinski definition) is 3. The maximum absolute atomic E-state index is 11.9. The number of benzene rings is 1. The van der Waals surface area contributed by atoms with Gasteiger partial charge in [0.2, 0.25) is 5.91 Å². The van der Waals surface area contributed by atoms with Crippen LogP contribution in [-0.4, -0.2) is 10.9 Å². The minimum atomic E-state index is -0.122. The van der Waals surface area contributed by atoms with Crippen molar-refractivity contribution in [2.45, 2.75) is 19.9 Å². The van der Waals surface area contributed by atoms with Gasteiger partial charge in [0.1, 0.15) is 0 Å². The molecule has 0 spiro atoms. The van der Waals surface area contributed by atoms with Crippen molar-refractivity contribution in [1.29, 1.82) is 0 Å². The lowest BCUT2D eigenvalue weighted by atomic mass is 10.1. The quantitative estimate of drug-likeness (QED) is 0.843. The predicted octanol–water partition coefficient (Wildman–Crippen LogP) is 4.10. The number of rotatable bonds is 4. The first-order chi connectivity index (χ1) is 9.54. The molecule has 1 heterocycles. The Kier molecular flexibility index (Phi) is 5.09. The van der Waals surface area contributed by atoms with E-state index in [-0.39, 0.29) is 11.9 Å². The third kappa shape index (κ3) is 4.28. The molecule has 1 amide bonds. The number of hydrogen-bond donors (Lipinski definition) is 1. The fraction of sp³-hybridized carbons (Fsp3) is 0.200. The molecular formula is C15H15BrN2OS. The van der Waals surface area contributed by atoms with Gasteiger partial charge in [0.15, 0.2) is 0 Å². The van der Waals surface area contributed by atoms with Gasteiger partial charge in [-0.1, -0.05) is 28.1 Å². The molecule has 0 aliphatic rings. The highest BCUT2D eigenvalue weighted by molar-refractivity contribution is 9.10. The molecule has 1 N–H and O–H groups in total. The summed E-state index contributed by atoms with van der Waals surface area (Å²) in [6, 6.07) is 7.86. The monoisotopic (exact) mass is 350 g/mol. The van der Waals surface area contributed by atoms with Crippen LogP contribution in [0.1, 0.15) is 29.2 Å². The number of thiazole rings is 1. The summed E-state index contributed by atoms with van der Waals surface area (Å²) < 4.78 is 1.00. The smallest absolute Gasteiger partial charge is 0.244 e. The molecule has 5 heteroatoms. The summed E-state index contributed by atoms with van der Waals surface area (Å²) >= 11 is 5.00. The van der Waals surface area contributed by atoms with Crippen LogP contribution in [0.2, 0.25) is 0 Å². The van der Waals surface area contributed by atoms with Crippen molar-refractivity contribution in [3.8, 4) is 0 Å². The second kappa shape index (κ2) is 6.81. The van der Waals surface area contributed by atoms with Crippen molar-refractivity contribution in [2.24, 2.45) is 0 Å². The van der Waals surface area contributed by atoms with Crippen LogP contribution in [0.3, 0.4) is 0 Å². The van der Waals surface area contributed by atoms with E-state index >= 15 is 0 Å². The summed E-state index contributed by atoms with van der Waals surface area (Å²) in [5.74, 6) is -0.122. The lowest BCUT2D eigenvalue weighted by Crippen LogP contribution is -2.24. The molecule has 20 heavy (non-hydrogen) atoms. The Labute approximate surface area is 130 Å². The summed E-state index contributed by atoms with van der Waals surface area (Å²) in [5, 5.41) is 5.85. The van der Waals surface area contributed by atoms with Crippen molar-refractivity contribution < 1.29 is 4.79 Å². The van der Waals surface area contributed by atoms with Crippen LogP contribution in [0, 0.1) is 6.92 Å². The molecule has 0 radical (unpaired) electrons. The SMILES string of the molecule is Cc1nc(/C=C/C(=O)NC(C)c2cccc(Br)c2)cs1. The molecule has 2 rings (SSSR count). The van der Waals surface area contributed by atoms with Gasteiger partial charge in [0.05, 0.1) is 16.7 Å². The zero-order valence-electron chi connectivity index (χ0n) is 11.3. The molecular weight excluding hydrogens is 336 g/mol. The third-order valence-corrected chi connectivity index (χ3v) is 4.03. The van der Waals surface area contributed by atoms with E-state index in [4.69, 9.17) is 0 Å². The van der Waals surface area contributed by atoms with Gasteiger partial charge in [-0.25, -0.2) is 4.98 Å². The summed E-state index contributed by atoms with van der Waals surface area (Å²) in [6.45, 7) is 3.90. The second-order valence-corrected chi connectivity index (χ2v) is 6.39. The van der Waals surface area contributed by atoms with Gasteiger partial charge in [-0.05, 0) is 37.6 Å². The van der Waals surface area contributed by atoms with Crippen LogP contribution < -0.4 is 5.32 Å². The number of carbonyl (C=O) groups is 1. The molecule has 1 unspecified atom stereocenters. The topological polar surface area (TPSA) is 42.0 Å². The third-order valence-electron chi connectivity index (χ3n) is 2.75. The van der Waals surface area contributed by atoms with Gasteiger partial charge in [0, 0.05) is 15.9 Å². The Hall–Kier alpha value is -1.46. The highest BCUT2D eigenvalue weighted by atomic mass is 79.9. The van der Waals surface area contributed by atoms with E-state index in [1.165, 1.54) is 6.08 Å². The van der Waals surface area contributed by atoms with E-state index in [1.54, 1.807) is 17.4 Å². The average Bonchev–Trinajstić information content (AvgIpc) is 2.82. The van der Waals surface area contributed by atoms with E-state index in [2.05, 4.69) is 26.2 Å². The largest absolute Gasteiger partial charge is 0.346 e. The van der Waals surface area contributed by atoms with Crippen LogP contribution >= 0.6 is 27.3 Å². The number of aromatic nitrogens is 1. The van der Waals surface area contributed by atoms with E-state index in [0.717, 1.165) is 20.7 Å². The van der Waals surface area contributed by atoms with Gasteiger partial charge in [-0.3, -0.25) is 4.79 Å². The van der Waals surface area contributed by atoms with Crippen molar-refractivity contribution in [3.63, 3.8) is 0 Å². The van der Waals surface area contributed by atoms with E-state index < -0.39 is 0 Å². The Balaban J connectivity index is 1.96. The van der Waals surface area contributed by atoms with Gasteiger partial charge in [-0.2, -0.15) is 0 Å². The Bertz CT molecular complexity index is 636. The fourth-order valence-corrected chi connectivity index (χ4v) is 2.74. The molecule has 1 atom stereocenters. The van der Waals surface area contributed by atoms with Crippen LogP contribution in [0.5, 0.6) is 0 Å². The molecule has 2 aromatic rings. The molecule has 0 aliphatic carbocycles. The van der Waals surface area contributed by atoms with E-state index in [1.807, 2.05) is 43.5 Å². The standard InChI is InChI=1S/C15H15BrN2OS/c1-10(12-4-3-5-13(16)8-12)17-15(19)7-6-14-9-20-11(2)18-14/h3-10H,1-2H3,(H,17,19)/b7-6+. The van der Waals surface area contributed by atoms with E-state index in [0.29, 0.717) is 0 Å². The molecule has 1 aromatic carbocycles. The van der Waals surface area contributed by atoms with Crippen LogP contribution in [0.4, 0.5) is 0 Å². The van der Waals surface area contributed by atoms with Gasteiger partial charge in [-0.15, -0.1) is 11.3 Å². The fourth-order valence-electron chi connectivity index (χ4n) is 1.74. The summed E-state index contributed by atoms with van der Waals surface area (Å²) in [6.07, 6.45) is 3.25. The average molecular weight is 351 g/mol. The highest BCUT2D eigenvalue weighted by Gasteiger charge is 2.07. The number of nitrogens with zero attached hydrogens (tertiary/aromatic N) is 1. The summed E-state index contributed by atoms with van der Waals surface area (Å²) in [5.41, 5.74) is 1.88. The Morgan fingerprint density at radius 2 is 2.30 bits per heavy atom. The molecule has 0 saturated heterocycles. The van der Waals surface area contributed by atoms with Crippen LogP contribution in [-0.2, 0) is 4.79 Å². The molecule has 0 aliphatic heterocycles. The van der Waals surface area contributed by atoms with Crippen molar-refractivity contribution in [2.75, 3.05) is 0 Å². The molecule has 0 bridgehead atoms. The number of carbonyl (C=O) groups excluding carboxylic acids is 1. The predicted molar refractivity (Wildman–Crippen MR) is 86.6 cm³/mol. The van der Waals surface area contributed by atoms with Crippen molar-refractivity contribution in [3.05, 3.63) is 56.5 Å². The van der Waals surface area contributed by atoms with Crippen LogP contribution in [0.15, 0.2) is 40.2 Å². The molecule has 1 aromatic heterocycles. The maximum Gasteiger partial charge on any atom is 0.244 e.